The van der Waals surface area contributed by atoms with E-state index >= 15 is 0 Å². The SMILES string of the molecule is COc1cccc(C#CCOC(=O)[C@@H]2C[C@H]2C)c1. The van der Waals surface area contributed by atoms with Crippen LogP contribution in [0.1, 0.15) is 18.9 Å². The minimum absolute atomic E-state index is 0.101. The second kappa shape index (κ2) is 5.59. The van der Waals surface area contributed by atoms with Crippen LogP contribution in [-0.4, -0.2) is 19.7 Å². The summed E-state index contributed by atoms with van der Waals surface area (Å²) in [5, 5.41) is 0. The van der Waals surface area contributed by atoms with Crippen LogP contribution in [0.15, 0.2) is 24.3 Å². The van der Waals surface area contributed by atoms with E-state index < -0.39 is 0 Å². The molecule has 0 unspecified atom stereocenters. The van der Waals surface area contributed by atoms with E-state index in [2.05, 4.69) is 11.8 Å². The lowest BCUT2D eigenvalue weighted by atomic mass is 10.2. The quantitative estimate of drug-likeness (QED) is 0.604. The van der Waals surface area contributed by atoms with E-state index in [9.17, 15) is 4.79 Å². The van der Waals surface area contributed by atoms with E-state index in [0.29, 0.717) is 5.92 Å². The third kappa shape index (κ3) is 3.27. The lowest BCUT2D eigenvalue weighted by molar-refractivity contribution is -0.144. The zero-order valence-electron chi connectivity index (χ0n) is 10.6. The highest BCUT2D eigenvalue weighted by Gasteiger charge is 2.40. The topological polar surface area (TPSA) is 35.5 Å². The summed E-state index contributed by atoms with van der Waals surface area (Å²) in [7, 11) is 1.62. The van der Waals surface area contributed by atoms with Gasteiger partial charge in [0, 0.05) is 5.56 Å². The summed E-state index contributed by atoms with van der Waals surface area (Å²) in [5.74, 6) is 6.99. The predicted octanol–water partition coefficient (Wildman–Crippen LogP) is 2.25. The molecule has 2 rings (SSSR count). The number of esters is 1. The van der Waals surface area contributed by atoms with Crippen molar-refractivity contribution in [1.82, 2.24) is 0 Å². The largest absolute Gasteiger partial charge is 0.497 e. The number of methoxy groups -OCH3 is 1. The fourth-order valence-electron chi connectivity index (χ4n) is 1.70. The molecule has 3 heteroatoms. The molecule has 18 heavy (non-hydrogen) atoms. The molecule has 1 fully saturated rings. The number of rotatable bonds is 3. The Morgan fingerprint density at radius 1 is 1.50 bits per heavy atom. The van der Waals surface area contributed by atoms with Crippen molar-refractivity contribution in [2.45, 2.75) is 13.3 Å². The normalized spacial score (nSPS) is 20.6. The fourth-order valence-corrected chi connectivity index (χ4v) is 1.70. The predicted molar refractivity (Wildman–Crippen MR) is 68.1 cm³/mol. The standard InChI is InChI=1S/C15H16O3/c1-11-9-14(11)15(16)18-8-4-6-12-5-3-7-13(10-12)17-2/h3,5,7,10-11,14H,8-9H2,1-2H3/t11-,14-/m1/s1. The van der Waals surface area contributed by atoms with E-state index in [0.717, 1.165) is 17.7 Å². The molecule has 0 heterocycles. The van der Waals surface area contributed by atoms with Gasteiger partial charge in [0.15, 0.2) is 6.61 Å². The van der Waals surface area contributed by atoms with Gasteiger partial charge in [-0.05, 0) is 30.5 Å². The van der Waals surface area contributed by atoms with Gasteiger partial charge in [0.2, 0.25) is 0 Å². The summed E-state index contributed by atoms with van der Waals surface area (Å²) < 4.78 is 10.2. The van der Waals surface area contributed by atoms with Gasteiger partial charge in [0.1, 0.15) is 5.75 Å². The maximum absolute atomic E-state index is 11.4. The van der Waals surface area contributed by atoms with Gasteiger partial charge in [0.25, 0.3) is 0 Å². The Morgan fingerprint density at radius 3 is 2.94 bits per heavy atom. The molecular formula is C15H16O3. The van der Waals surface area contributed by atoms with Gasteiger partial charge >= 0.3 is 5.97 Å². The van der Waals surface area contributed by atoms with Crippen LogP contribution in [0.2, 0.25) is 0 Å². The average molecular weight is 244 g/mol. The van der Waals surface area contributed by atoms with Gasteiger partial charge in [-0.1, -0.05) is 24.8 Å². The summed E-state index contributed by atoms with van der Waals surface area (Å²) in [5.41, 5.74) is 0.852. The first-order chi connectivity index (χ1) is 8.70. The zero-order valence-corrected chi connectivity index (χ0v) is 10.6. The van der Waals surface area contributed by atoms with Crippen molar-refractivity contribution in [1.29, 1.82) is 0 Å². The molecule has 1 aliphatic carbocycles. The summed E-state index contributed by atoms with van der Waals surface area (Å²) >= 11 is 0. The molecule has 0 bridgehead atoms. The maximum atomic E-state index is 11.4. The number of ether oxygens (including phenoxy) is 2. The summed E-state index contributed by atoms with van der Waals surface area (Å²) in [6.07, 6.45) is 0.947. The van der Waals surface area contributed by atoms with Crippen molar-refractivity contribution in [2.24, 2.45) is 11.8 Å². The molecule has 1 aliphatic rings. The van der Waals surface area contributed by atoms with E-state index in [1.807, 2.05) is 31.2 Å². The Morgan fingerprint density at radius 2 is 2.28 bits per heavy atom. The highest BCUT2D eigenvalue weighted by Crippen LogP contribution is 2.38. The molecule has 3 nitrogen and oxygen atoms in total. The summed E-state index contributed by atoms with van der Waals surface area (Å²) in [4.78, 5) is 11.4. The molecule has 0 amide bonds. The minimum atomic E-state index is -0.123. The van der Waals surface area contributed by atoms with Crippen molar-refractivity contribution in [3.8, 4) is 17.6 Å². The van der Waals surface area contributed by atoms with Crippen molar-refractivity contribution >= 4 is 5.97 Å². The first-order valence-electron chi connectivity index (χ1n) is 6.00. The molecule has 1 saturated carbocycles. The van der Waals surface area contributed by atoms with Crippen molar-refractivity contribution in [2.75, 3.05) is 13.7 Å². The third-order valence-corrected chi connectivity index (χ3v) is 3.00. The fraction of sp³-hybridized carbons (Fsp3) is 0.400. The van der Waals surface area contributed by atoms with Crippen LogP contribution in [0, 0.1) is 23.7 Å². The van der Waals surface area contributed by atoms with Crippen molar-refractivity contribution < 1.29 is 14.3 Å². The summed E-state index contributed by atoms with van der Waals surface area (Å²) in [6.45, 7) is 2.20. The van der Waals surface area contributed by atoms with Crippen LogP contribution in [0.5, 0.6) is 5.75 Å². The number of hydrogen-bond acceptors (Lipinski definition) is 3. The Hall–Kier alpha value is -1.95. The monoisotopic (exact) mass is 244 g/mol. The Balaban J connectivity index is 1.82. The first-order valence-corrected chi connectivity index (χ1v) is 6.00. The van der Waals surface area contributed by atoms with Crippen LogP contribution in [-0.2, 0) is 9.53 Å². The van der Waals surface area contributed by atoms with Crippen LogP contribution in [0.4, 0.5) is 0 Å². The minimum Gasteiger partial charge on any atom is -0.497 e. The number of benzene rings is 1. The van der Waals surface area contributed by atoms with Crippen LogP contribution in [0.3, 0.4) is 0 Å². The molecule has 0 spiro atoms. The Labute approximate surface area is 107 Å². The molecule has 2 atom stereocenters. The lowest BCUT2D eigenvalue weighted by Crippen LogP contribution is -2.07. The van der Waals surface area contributed by atoms with Gasteiger partial charge < -0.3 is 9.47 Å². The maximum Gasteiger partial charge on any atom is 0.310 e. The highest BCUT2D eigenvalue weighted by molar-refractivity contribution is 5.75. The highest BCUT2D eigenvalue weighted by atomic mass is 16.5. The van der Waals surface area contributed by atoms with Crippen molar-refractivity contribution in [3.05, 3.63) is 29.8 Å². The number of hydrogen-bond donors (Lipinski definition) is 0. The molecule has 0 saturated heterocycles. The average Bonchev–Trinajstić information content (AvgIpc) is 3.12. The van der Waals surface area contributed by atoms with Gasteiger partial charge in [-0.25, -0.2) is 0 Å². The van der Waals surface area contributed by atoms with E-state index in [1.54, 1.807) is 7.11 Å². The Kier molecular flexibility index (Phi) is 3.88. The molecule has 94 valence electrons. The molecule has 0 aliphatic heterocycles. The van der Waals surface area contributed by atoms with Gasteiger partial charge in [-0.2, -0.15) is 0 Å². The number of carbonyl (C=O) groups excluding carboxylic acids is 1. The van der Waals surface area contributed by atoms with Crippen LogP contribution in [0.25, 0.3) is 0 Å². The second-order valence-electron chi connectivity index (χ2n) is 4.46. The molecule has 1 aromatic rings. The molecule has 1 aromatic carbocycles. The van der Waals surface area contributed by atoms with E-state index in [4.69, 9.17) is 9.47 Å². The second-order valence-corrected chi connectivity index (χ2v) is 4.46. The molecule has 0 aromatic heterocycles. The lowest BCUT2D eigenvalue weighted by Gasteiger charge is -1.99. The van der Waals surface area contributed by atoms with Crippen LogP contribution >= 0.6 is 0 Å². The van der Waals surface area contributed by atoms with E-state index in [1.165, 1.54) is 0 Å². The van der Waals surface area contributed by atoms with E-state index in [-0.39, 0.29) is 18.5 Å². The molecule has 0 radical (unpaired) electrons. The van der Waals surface area contributed by atoms with Crippen molar-refractivity contribution in [3.63, 3.8) is 0 Å². The van der Waals surface area contributed by atoms with Gasteiger partial charge in [0.05, 0.1) is 13.0 Å². The zero-order chi connectivity index (χ0) is 13.0. The summed E-state index contributed by atoms with van der Waals surface area (Å²) in [6, 6.07) is 7.47. The smallest absolute Gasteiger partial charge is 0.310 e. The third-order valence-electron chi connectivity index (χ3n) is 3.00. The molecular weight excluding hydrogens is 228 g/mol. The number of carbonyl (C=O) groups is 1. The van der Waals surface area contributed by atoms with Gasteiger partial charge in [-0.3, -0.25) is 4.79 Å². The first kappa shape index (κ1) is 12.5. The molecule has 0 N–H and O–H groups in total. The van der Waals surface area contributed by atoms with Gasteiger partial charge in [-0.15, -0.1) is 0 Å². The van der Waals surface area contributed by atoms with Crippen LogP contribution < -0.4 is 4.74 Å². The Bertz CT molecular complexity index is 496.